The first kappa shape index (κ1) is 23.8. The lowest BCUT2D eigenvalue weighted by Crippen LogP contribution is -2.39. The molecule has 0 aliphatic rings. The van der Waals surface area contributed by atoms with Crippen molar-refractivity contribution < 1.29 is 13.2 Å². The Hall–Kier alpha value is -2.81. The molecule has 1 heterocycles. The van der Waals surface area contributed by atoms with Gasteiger partial charge in [-0.2, -0.15) is 5.10 Å². The van der Waals surface area contributed by atoms with E-state index in [1.807, 2.05) is 42.7 Å². The number of aromatic nitrogens is 1. The van der Waals surface area contributed by atoms with Crippen LogP contribution in [0.2, 0.25) is 10.0 Å². The van der Waals surface area contributed by atoms with E-state index in [1.165, 1.54) is 18.3 Å². The summed E-state index contributed by atoms with van der Waals surface area (Å²) in [4.78, 5) is 12.4. The van der Waals surface area contributed by atoms with Gasteiger partial charge in [-0.15, -0.1) is 0 Å². The van der Waals surface area contributed by atoms with Crippen LogP contribution in [0.15, 0.2) is 59.7 Å². The Bertz CT molecular complexity index is 1270. The third-order valence-corrected chi connectivity index (χ3v) is 6.36. The maximum absolute atomic E-state index is 12.4. The van der Waals surface area contributed by atoms with Crippen LogP contribution in [0.25, 0.3) is 5.69 Å². The van der Waals surface area contributed by atoms with E-state index < -0.39 is 22.5 Å². The third-order valence-electron chi connectivity index (χ3n) is 4.73. The Kier molecular flexibility index (Phi) is 7.28. The molecule has 0 spiro atoms. The van der Waals surface area contributed by atoms with E-state index in [0.717, 1.165) is 33.2 Å². The molecule has 0 radical (unpaired) electrons. The zero-order chi connectivity index (χ0) is 23.5. The molecule has 0 saturated heterocycles. The standard InChI is InChI=1S/C22H22Cl2N4O3S/c1-15-11-17(16(2)28(15)21-6-4-5-19(24)12-21)13-25-26-22(29)14-27(32(3,30)31)20-9-7-18(23)8-10-20/h4-13H,14H2,1-3H3,(H,26,29)/b25-13-. The molecule has 1 aromatic heterocycles. The number of sulfonamides is 1. The summed E-state index contributed by atoms with van der Waals surface area (Å²) in [7, 11) is -3.68. The minimum atomic E-state index is -3.68. The predicted molar refractivity (Wildman–Crippen MR) is 130 cm³/mol. The highest BCUT2D eigenvalue weighted by Crippen LogP contribution is 2.22. The van der Waals surface area contributed by atoms with Gasteiger partial charge in [0.15, 0.2) is 0 Å². The quantitative estimate of drug-likeness (QED) is 0.393. The summed E-state index contributed by atoms with van der Waals surface area (Å²) in [6.45, 7) is 3.47. The molecule has 2 aromatic carbocycles. The minimum absolute atomic E-state index is 0.334. The summed E-state index contributed by atoms with van der Waals surface area (Å²) < 4.78 is 27.3. The number of amides is 1. The normalized spacial score (nSPS) is 11.7. The van der Waals surface area contributed by atoms with Gasteiger partial charge in [0.1, 0.15) is 6.54 Å². The molecule has 1 N–H and O–H groups in total. The van der Waals surface area contributed by atoms with Gasteiger partial charge in [-0.25, -0.2) is 13.8 Å². The van der Waals surface area contributed by atoms with Gasteiger partial charge in [0.25, 0.3) is 5.91 Å². The number of nitrogens with zero attached hydrogens (tertiary/aromatic N) is 3. The van der Waals surface area contributed by atoms with Gasteiger partial charge in [0, 0.05) is 32.7 Å². The molecule has 0 aliphatic carbocycles. The van der Waals surface area contributed by atoms with Crippen molar-refractivity contribution in [2.45, 2.75) is 13.8 Å². The van der Waals surface area contributed by atoms with Crippen molar-refractivity contribution in [2.24, 2.45) is 5.10 Å². The molecule has 0 bridgehead atoms. The maximum Gasteiger partial charge on any atom is 0.260 e. The average molecular weight is 493 g/mol. The van der Waals surface area contributed by atoms with E-state index in [-0.39, 0.29) is 0 Å². The molecule has 0 unspecified atom stereocenters. The van der Waals surface area contributed by atoms with Crippen LogP contribution in [0.1, 0.15) is 17.0 Å². The Morgan fingerprint density at radius 1 is 1.09 bits per heavy atom. The van der Waals surface area contributed by atoms with Gasteiger partial charge in [-0.3, -0.25) is 9.10 Å². The van der Waals surface area contributed by atoms with Crippen molar-refractivity contribution >= 4 is 51.0 Å². The van der Waals surface area contributed by atoms with E-state index >= 15 is 0 Å². The molecule has 7 nitrogen and oxygen atoms in total. The van der Waals surface area contributed by atoms with Crippen LogP contribution in [0.4, 0.5) is 5.69 Å². The molecule has 0 saturated carbocycles. The van der Waals surface area contributed by atoms with Crippen molar-refractivity contribution in [3.63, 3.8) is 0 Å². The fourth-order valence-electron chi connectivity index (χ4n) is 3.28. The van der Waals surface area contributed by atoms with Gasteiger partial charge < -0.3 is 4.57 Å². The first-order valence-corrected chi connectivity index (χ1v) is 12.2. The van der Waals surface area contributed by atoms with Crippen LogP contribution < -0.4 is 9.73 Å². The Labute approximate surface area is 197 Å². The zero-order valence-electron chi connectivity index (χ0n) is 17.7. The van der Waals surface area contributed by atoms with Crippen molar-refractivity contribution in [1.29, 1.82) is 0 Å². The van der Waals surface area contributed by atoms with E-state index in [9.17, 15) is 13.2 Å². The van der Waals surface area contributed by atoms with Crippen molar-refractivity contribution in [2.75, 3.05) is 17.1 Å². The van der Waals surface area contributed by atoms with E-state index in [0.29, 0.717) is 15.7 Å². The molecule has 0 atom stereocenters. The molecule has 0 aliphatic heterocycles. The SMILES string of the molecule is Cc1cc(/C=N\NC(=O)CN(c2ccc(Cl)cc2)S(C)(=O)=O)c(C)n1-c1cccc(Cl)c1. The number of rotatable bonds is 7. The molecule has 168 valence electrons. The molecule has 0 fully saturated rings. The topological polar surface area (TPSA) is 83.8 Å². The van der Waals surface area contributed by atoms with E-state index in [4.69, 9.17) is 23.2 Å². The summed E-state index contributed by atoms with van der Waals surface area (Å²) in [5.41, 5.74) is 6.34. The number of carbonyl (C=O) groups is 1. The van der Waals surface area contributed by atoms with Crippen molar-refractivity contribution in [1.82, 2.24) is 9.99 Å². The van der Waals surface area contributed by atoms with Crippen LogP contribution in [0, 0.1) is 13.8 Å². The number of carbonyl (C=O) groups excluding carboxylic acids is 1. The highest BCUT2D eigenvalue weighted by molar-refractivity contribution is 7.92. The van der Waals surface area contributed by atoms with Gasteiger partial charge in [-0.1, -0.05) is 29.3 Å². The first-order valence-electron chi connectivity index (χ1n) is 9.56. The molecule has 1 amide bonds. The highest BCUT2D eigenvalue weighted by Gasteiger charge is 2.20. The third kappa shape index (κ3) is 5.70. The van der Waals surface area contributed by atoms with Gasteiger partial charge in [0.05, 0.1) is 18.2 Å². The number of benzene rings is 2. The number of hydrogen-bond donors (Lipinski definition) is 1. The highest BCUT2D eigenvalue weighted by atomic mass is 35.5. The number of hydrazone groups is 1. The van der Waals surface area contributed by atoms with Crippen LogP contribution in [-0.4, -0.2) is 37.9 Å². The van der Waals surface area contributed by atoms with Gasteiger partial charge >= 0.3 is 0 Å². The van der Waals surface area contributed by atoms with Crippen LogP contribution in [0.3, 0.4) is 0 Å². The Balaban J connectivity index is 1.73. The Morgan fingerprint density at radius 2 is 1.78 bits per heavy atom. The summed E-state index contributed by atoms with van der Waals surface area (Å²) in [6, 6.07) is 15.6. The van der Waals surface area contributed by atoms with Gasteiger partial charge in [-0.05, 0) is 62.4 Å². The molecule has 3 aromatic rings. The summed E-state index contributed by atoms with van der Waals surface area (Å²) >= 11 is 12.0. The smallest absolute Gasteiger partial charge is 0.260 e. The second-order valence-corrected chi connectivity index (χ2v) is 9.96. The second kappa shape index (κ2) is 9.77. The number of anilines is 1. The van der Waals surface area contributed by atoms with E-state index in [2.05, 4.69) is 10.5 Å². The lowest BCUT2D eigenvalue weighted by atomic mass is 10.2. The fraction of sp³-hybridized carbons (Fsp3) is 0.182. The molecule has 3 rings (SSSR count). The zero-order valence-corrected chi connectivity index (χ0v) is 20.0. The minimum Gasteiger partial charge on any atom is -0.318 e. The Morgan fingerprint density at radius 3 is 2.41 bits per heavy atom. The average Bonchev–Trinajstić information content (AvgIpc) is 2.99. The van der Waals surface area contributed by atoms with E-state index in [1.54, 1.807) is 18.2 Å². The van der Waals surface area contributed by atoms with Crippen LogP contribution in [-0.2, 0) is 14.8 Å². The monoisotopic (exact) mass is 492 g/mol. The molecular weight excluding hydrogens is 471 g/mol. The maximum atomic E-state index is 12.4. The molecule has 32 heavy (non-hydrogen) atoms. The first-order chi connectivity index (χ1) is 15.1. The lowest BCUT2D eigenvalue weighted by Gasteiger charge is -2.21. The second-order valence-electron chi connectivity index (χ2n) is 7.18. The molecular formula is C22H22Cl2N4O3S. The van der Waals surface area contributed by atoms with Crippen LogP contribution >= 0.6 is 23.2 Å². The number of nitrogens with one attached hydrogen (secondary N) is 1. The number of hydrogen-bond acceptors (Lipinski definition) is 4. The van der Waals surface area contributed by atoms with Gasteiger partial charge in [0.2, 0.25) is 10.0 Å². The lowest BCUT2D eigenvalue weighted by molar-refractivity contribution is -0.119. The number of halogens is 2. The largest absolute Gasteiger partial charge is 0.318 e. The van der Waals surface area contributed by atoms with Crippen molar-refractivity contribution in [3.05, 3.63) is 81.6 Å². The number of aryl methyl sites for hydroxylation is 1. The predicted octanol–water partition coefficient (Wildman–Crippen LogP) is 4.32. The van der Waals surface area contributed by atoms with Crippen molar-refractivity contribution in [3.8, 4) is 5.69 Å². The summed E-state index contributed by atoms with van der Waals surface area (Å²) in [5.74, 6) is -0.578. The molecule has 10 heteroatoms. The fourth-order valence-corrected chi connectivity index (χ4v) is 4.44. The summed E-state index contributed by atoms with van der Waals surface area (Å²) in [6.07, 6.45) is 2.55. The van der Waals surface area contributed by atoms with Crippen LogP contribution in [0.5, 0.6) is 0 Å². The summed E-state index contributed by atoms with van der Waals surface area (Å²) in [5, 5.41) is 5.10.